The van der Waals surface area contributed by atoms with E-state index < -0.39 is 0 Å². The van der Waals surface area contributed by atoms with Gasteiger partial charge in [0.15, 0.2) is 5.78 Å². The third-order valence-corrected chi connectivity index (χ3v) is 10.6. The zero-order valence-corrected chi connectivity index (χ0v) is 20.1. The maximum absolute atomic E-state index is 13.5. The molecule has 0 bridgehead atoms. The average Bonchev–Trinajstić information content (AvgIpc) is 3.37. The van der Waals surface area contributed by atoms with E-state index in [9.17, 15) is 10.1 Å². The van der Waals surface area contributed by atoms with Gasteiger partial charge in [-0.1, -0.05) is 20.3 Å². The molecule has 1 heterocycles. The highest BCUT2D eigenvalue weighted by atomic mass is 16.5. The molecular weight excluding hydrogens is 398 g/mol. The molecule has 174 valence electrons. The summed E-state index contributed by atoms with van der Waals surface area (Å²) in [4.78, 5) is 17.5. The lowest BCUT2D eigenvalue weighted by atomic mass is 9.44. The Bertz CT molecular complexity index is 903. The lowest BCUT2D eigenvalue weighted by Gasteiger charge is -2.61. The van der Waals surface area contributed by atoms with Crippen LogP contribution in [0.2, 0.25) is 0 Å². The molecule has 0 N–H and O–H groups in total. The molecule has 0 saturated heterocycles. The Hall–Kier alpha value is -1.67. The number of methoxy groups -OCH3 is 1. The number of ether oxygens (including phenoxy) is 1. The average molecular weight is 438 g/mol. The monoisotopic (exact) mass is 437 g/mol. The van der Waals surface area contributed by atoms with Gasteiger partial charge in [-0.2, -0.15) is 5.26 Å². The van der Waals surface area contributed by atoms with Crippen molar-refractivity contribution in [1.29, 1.82) is 5.26 Å². The number of aromatic nitrogens is 2. The van der Waals surface area contributed by atoms with Gasteiger partial charge >= 0.3 is 0 Å². The van der Waals surface area contributed by atoms with E-state index in [4.69, 9.17) is 4.74 Å². The quantitative estimate of drug-likeness (QED) is 0.631. The van der Waals surface area contributed by atoms with E-state index in [1.807, 2.05) is 7.11 Å². The Balaban J connectivity index is 1.37. The molecule has 0 aromatic carbocycles. The zero-order valence-electron chi connectivity index (χ0n) is 20.1. The second-order valence-corrected chi connectivity index (χ2v) is 11.8. The number of ketones is 1. The van der Waals surface area contributed by atoms with Crippen molar-refractivity contribution in [3.8, 4) is 6.07 Å². The van der Waals surface area contributed by atoms with E-state index in [-0.39, 0.29) is 17.9 Å². The molecule has 32 heavy (non-hydrogen) atoms. The molecule has 8 atom stereocenters. The van der Waals surface area contributed by atoms with E-state index in [1.54, 1.807) is 17.0 Å². The van der Waals surface area contributed by atoms with E-state index in [0.29, 0.717) is 22.9 Å². The molecule has 5 rings (SSSR count). The van der Waals surface area contributed by atoms with Gasteiger partial charge < -0.3 is 9.30 Å². The largest absolute Gasteiger partial charge is 0.384 e. The summed E-state index contributed by atoms with van der Waals surface area (Å²) in [6, 6.07) is 2.11. The Kier molecular flexibility index (Phi) is 5.73. The van der Waals surface area contributed by atoms with Crippen LogP contribution in [-0.2, 0) is 16.1 Å². The van der Waals surface area contributed by atoms with E-state index >= 15 is 0 Å². The third kappa shape index (κ3) is 3.28. The van der Waals surface area contributed by atoms with Gasteiger partial charge in [-0.05, 0) is 91.8 Å². The van der Waals surface area contributed by atoms with Crippen LogP contribution in [0.15, 0.2) is 12.4 Å². The lowest BCUT2D eigenvalue weighted by molar-refractivity contribution is -0.154. The Morgan fingerprint density at radius 3 is 2.84 bits per heavy atom. The molecule has 5 nitrogen and oxygen atoms in total. The highest BCUT2D eigenvalue weighted by Crippen LogP contribution is 2.68. The number of hydrogen-bond donors (Lipinski definition) is 0. The first-order chi connectivity index (χ1) is 15.4. The zero-order chi connectivity index (χ0) is 22.5. The van der Waals surface area contributed by atoms with Crippen molar-refractivity contribution in [2.24, 2.45) is 46.3 Å². The number of nitriles is 1. The highest BCUT2D eigenvalue weighted by Gasteiger charge is 2.62. The van der Waals surface area contributed by atoms with Gasteiger partial charge in [-0.3, -0.25) is 4.79 Å². The van der Waals surface area contributed by atoms with Crippen molar-refractivity contribution in [2.75, 3.05) is 13.7 Å². The first-order valence-electron chi connectivity index (χ1n) is 12.9. The minimum absolute atomic E-state index is 0.106. The fourth-order valence-electron chi connectivity index (χ4n) is 9.17. The standard InChI is InChI=1S/C27H39N3O2/c1-18-8-11-27(17-32-3)19(14-18)4-5-20-21-6-7-23(26(21,2)10-9-22(20)27)24(31)16-30-13-12-29-25(30)15-28/h12-13,18-23H,4-11,14,16-17H2,1-3H3/t18?,19?,20?,21?,22?,23-,26?,27?/m1/s1. The number of nitrogens with zero attached hydrogens (tertiary/aromatic N) is 3. The fraction of sp³-hybridized carbons (Fsp3) is 0.815. The third-order valence-electron chi connectivity index (χ3n) is 10.6. The highest BCUT2D eigenvalue weighted by molar-refractivity contribution is 5.82. The number of carbonyl (C=O) groups is 1. The summed E-state index contributed by atoms with van der Waals surface area (Å²) < 4.78 is 7.64. The number of carbonyl (C=O) groups excluding carboxylic acids is 1. The molecule has 4 saturated carbocycles. The van der Waals surface area contributed by atoms with Crippen molar-refractivity contribution >= 4 is 5.78 Å². The number of hydrogen-bond acceptors (Lipinski definition) is 4. The summed E-state index contributed by atoms with van der Waals surface area (Å²) in [5, 5.41) is 9.28. The second kappa shape index (κ2) is 8.28. The molecule has 0 aliphatic heterocycles. The summed E-state index contributed by atoms with van der Waals surface area (Å²) >= 11 is 0. The Morgan fingerprint density at radius 1 is 1.22 bits per heavy atom. The van der Waals surface area contributed by atoms with Crippen LogP contribution < -0.4 is 0 Å². The van der Waals surface area contributed by atoms with Gasteiger partial charge in [0.25, 0.3) is 0 Å². The van der Waals surface area contributed by atoms with E-state index in [1.165, 1.54) is 44.9 Å². The molecule has 7 unspecified atom stereocenters. The number of imidazole rings is 1. The van der Waals surface area contributed by atoms with Crippen molar-refractivity contribution in [3.63, 3.8) is 0 Å². The summed E-state index contributed by atoms with van der Waals surface area (Å²) in [5.74, 6) is 4.59. The maximum Gasteiger partial charge on any atom is 0.213 e. The van der Waals surface area contributed by atoms with Crippen molar-refractivity contribution < 1.29 is 9.53 Å². The molecule has 0 radical (unpaired) electrons. The van der Waals surface area contributed by atoms with Crippen molar-refractivity contribution in [3.05, 3.63) is 18.2 Å². The van der Waals surface area contributed by atoms with Gasteiger partial charge in [0.2, 0.25) is 5.82 Å². The van der Waals surface area contributed by atoms with Gasteiger partial charge in [-0.25, -0.2) is 4.98 Å². The number of fused-ring (bicyclic) bond motifs is 5. The normalized spacial score (nSPS) is 43.1. The summed E-state index contributed by atoms with van der Waals surface area (Å²) in [7, 11) is 1.90. The topological polar surface area (TPSA) is 67.9 Å². The Morgan fingerprint density at radius 2 is 2.06 bits per heavy atom. The van der Waals surface area contributed by atoms with Crippen LogP contribution in [0, 0.1) is 57.7 Å². The maximum atomic E-state index is 13.5. The molecule has 1 aromatic heterocycles. The van der Waals surface area contributed by atoms with Crippen molar-refractivity contribution in [1.82, 2.24) is 9.55 Å². The summed E-state index contributed by atoms with van der Waals surface area (Å²) in [5.41, 5.74) is 0.473. The first-order valence-corrected chi connectivity index (χ1v) is 12.9. The lowest BCUT2D eigenvalue weighted by Crippen LogP contribution is -2.56. The van der Waals surface area contributed by atoms with Crippen LogP contribution in [0.3, 0.4) is 0 Å². The van der Waals surface area contributed by atoms with Crippen LogP contribution in [0.25, 0.3) is 0 Å². The molecule has 0 spiro atoms. The van der Waals surface area contributed by atoms with Crippen LogP contribution in [-0.4, -0.2) is 29.1 Å². The minimum atomic E-state index is 0.106. The van der Waals surface area contributed by atoms with Crippen LogP contribution >= 0.6 is 0 Å². The van der Waals surface area contributed by atoms with Gasteiger partial charge in [0.05, 0.1) is 13.2 Å². The number of rotatable bonds is 5. The van der Waals surface area contributed by atoms with E-state index in [0.717, 1.165) is 43.1 Å². The number of Topliss-reactive ketones (excluding diaryl/α,β-unsaturated/α-hetero) is 1. The predicted molar refractivity (Wildman–Crippen MR) is 123 cm³/mol. The summed E-state index contributed by atoms with van der Waals surface area (Å²) in [6.07, 6.45) is 14.7. The van der Waals surface area contributed by atoms with Gasteiger partial charge in [0, 0.05) is 25.4 Å². The van der Waals surface area contributed by atoms with Gasteiger partial charge in [-0.15, -0.1) is 0 Å². The molecule has 4 aliphatic rings. The smallest absolute Gasteiger partial charge is 0.213 e. The Labute approximate surface area is 192 Å². The molecular formula is C27H39N3O2. The first kappa shape index (κ1) is 22.1. The molecule has 5 heteroatoms. The van der Waals surface area contributed by atoms with Crippen LogP contribution in [0.5, 0.6) is 0 Å². The summed E-state index contributed by atoms with van der Waals surface area (Å²) in [6.45, 7) is 6.07. The van der Waals surface area contributed by atoms with Gasteiger partial charge in [0.1, 0.15) is 6.07 Å². The van der Waals surface area contributed by atoms with E-state index in [2.05, 4.69) is 24.9 Å². The van der Waals surface area contributed by atoms with Crippen LogP contribution in [0.1, 0.15) is 77.5 Å². The fourth-order valence-corrected chi connectivity index (χ4v) is 9.17. The van der Waals surface area contributed by atoms with Crippen molar-refractivity contribution in [2.45, 2.75) is 78.2 Å². The SMILES string of the molecule is COCC12CCC(C)CC1CCC1C2CCC2(C)C1CC[C@@H]2C(=O)Cn1ccnc1C#N. The second-order valence-electron chi connectivity index (χ2n) is 11.8. The minimum Gasteiger partial charge on any atom is -0.384 e. The molecule has 4 aliphatic carbocycles. The molecule has 1 aromatic rings. The molecule has 0 amide bonds. The van der Waals surface area contributed by atoms with Crippen LogP contribution in [0.4, 0.5) is 0 Å². The molecule has 4 fully saturated rings. The predicted octanol–water partition coefficient (Wildman–Crippen LogP) is 5.25.